The molecule has 0 fully saturated rings. The van der Waals surface area contributed by atoms with Gasteiger partial charge in [0.05, 0.1) is 9.95 Å². The second kappa shape index (κ2) is 5.32. The average Bonchev–Trinajstić information content (AvgIpc) is 2.31. The molecule has 0 spiro atoms. The van der Waals surface area contributed by atoms with Gasteiger partial charge in [0.15, 0.2) is 0 Å². The number of hydrogen-bond acceptors (Lipinski definition) is 4. The van der Waals surface area contributed by atoms with Crippen LogP contribution in [0.25, 0.3) is 0 Å². The summed E-state index contributed by atoms with van der Waals surface area (Å²) < 4.78 is 6.05. The standard InChI is InChI=1S/C11H6BrClN2O3/c12-10-2-1-3-11(14-10)18-9-5-4-7(15(16)17)6-8(9)13/h1-6H. The van der Waals surface area contributed by atoms with E-state index in [1.807, 2.05) is 0 Å². The van der Waals surface area contributed by atoms with Gasteiger partial charge in [0.25, 0.3) is 5.69 Å². The molecule has 2 rings (SSSR count). The Hall–Kier alpha value is -1.66. The van der Waals surface area contributed by atoms with Crippen molar-refractivity contribution >= 4 is 33.2 Å². The Labute approximate surface area is 116 Å². The molecule has 1 aromatic heterocycles. The Morgan fingerprint density at radius 3 is 2.72 bits per heavy atom. The number of halogens is 2. The molecule has 1 aromatic carbocycles. The topological polar surface area (TPSA) is 65.3 Å². The molecule has 2 aromatic rings. The summed E-state index contributed by atoms with van der Waals surface area (Å²) in [5, 5.41) is 10.7. The van der Waals surface area contributed by atoms with Crippen molar-refractivity contribution in [2.24, 2.45) is 0 Å². The van der Waals surface area contributed by atoms with E-state index in [0.717, 1.165) is 0 Å². The number of ether oxygens (including phenoxy) is 1. The van der Waals surface area contributed by atoms with Crippen LogP contribution in [0.15, 0.2) is 41.0 Å². The van der Waals surface area contributed by atoms with Crippen LogP contribution in [0.4, 0.5) is 5.69 Å². The van der Waals surface area contributed by atoms with Crippen LogP contribution < -0.4 is 4.74 Å². The first-order valence-corrected chi connectivity index (χ1v) is 5.98. The predicted octanol–water partition coefficient (Wildman–Crippen LogP) is 4.20. The Kier molecular flexibility index (Phi) is 3.78. The Morgan fingerprint density at radius 2 is 2.11 bits per heavy atom. The highest BCUT2D eigenvalue weighted by molar-refractivity contribution is 9.10. The lowest BCUT2D eigenvalue weighted by molar-refractivity contribution is -0.384. The van der Waals surface area contributed by atoms with Crippen molar-refractivity contribution in [2.45, 2.75) is 0 Å². The molecule has 0 atom stereocenters. The van der Waals surface area contributed by atoms with Crippen molar-refractivity contribution in [2.75, 3.05) is 0 Å². The van der Waals surface area contributed by atoms with Crippen molar-refractivity contribution in [3.63, 3.8) is 0 Å². The highest BCUT2D eigenvalue weighted by Gasteiger charge is 2.11. The lowest BCUT2D eigenvalue weighted by Crippen LogP contribution is -1.91. The zero-order valence-electron chi connectivity index (χ0n) is 8.84. The van der Waals surface area contributed by atoms with Crippen LogP contribution in [-0.2, 0) is 0 Å². The third kappa shape index (κ3) is 2.96. The minimum Gasteiger partial charge on any atom is -0.437 e. The minimum absolute atomic E-state index is 0.0884. The van der Waals surface area contributed by atoms with Crippen molar-refractivity contribution in [1.82, 2.24) is 4.98 Å². The zero-order chi connectivity index (χ0) is 13.1. The molecule has 92 valence electrons. The summed E-state index contributed by atoms with van der Waals surface area (Å²) in [6.45, 7) is 0. The molecule has 0 aliphatic rings. The molecule has 0 N–H and O–H groups in total. The fourth-order valence-corrected chi connectivity index (χ4v) is 1.79. The largest absolute Gasteiger partial charge is 0.437 e. The van der Waals surface area contributed by atoms with Crippen LogP contribution in [0.3, 0.4) is 0 Å². The summed E-state index contributed by atoms with van der Waals surface area (Å²) in [5.74, 6) is 0.660. The Balaban J connectivity index is 2.27. The number of aromatic nitrogens is 1. The molecule has 0 amide bonds. The third-order valence-corrected chi connectivity index (χ3v) is 2.77. The van der Waals surface area contributed by atoms with Gasteiger partial charge in [-0.1, -0.05) is 17.7 Å². The number of rotatable bonds is 3. The monoisotopic (exact) mass is 328 g/mol. The van der Waals surface area contributed by atoms with Crippen molar-refractivity contribution in [1.29, 1.82) is 0 Å². The molecule has 0 saturated heterocycles. The first-order chi connectivity index (χ1) is 8.56. The SMILES string of the molecule is O=[N+]([O-])c1ccc(Oc2cccc(Br)n2)c(Cl)c1. The lowest BCUT2D eigenvalue weighted by atomic mass is 10.3. The second-order valence-electron chi connectivity index (χ2n) is 3.27. The van der Waals surface area contributed by atoms with Crippen molar-refractivity contribution in [3.8, 4) is 11.6 Å². The number of non-ortho nitro benzene ring substituents is 1. The molecule has 1 heterocycles. The molecule has 0 bridgehead atoms. The molecule has 5 nitrogen and oxygen atoms in total. The summed E-state index contributed by atoms with van der Waals surface area (Å²) in [6.07, 6.45) is 0. The molecular weight excluding hydrogens is 323 g/mol. The molecule has 18 heavy (non-hydrogen) atoms. The van der Waals surface area contributed by atoms with Gasteiger partial charge >= 0.3 is 0 Å². The third-order valence-electron chi connectivity index (χ3n) is 2.03. The van der Waals surface area contributed by atoms with Crippen LogP contribution >= 0.6 is 27.5 Å². The fraction of sp³-hybridized carbons (Fsp3) is 0. The highest BCUT2D eigenvalue weighted by atomic mass is 79.9. The molecule has 0 saturated carbocycles. The first-order valence-electron chi connectivity index (χ1n) is 4.80. The van der Waals surface area contributed by atoms with Crippen LogP contribution in [0, 0.1) is 10.1 Å². The summed E-state index contributed by atoms with van der Waals surface area (Å²) >= 11 is 9.11. The van der Waals surface area contributed by atoms with E-state index < -0.39 is 4.92 Å². The van der Waals surface area contributed by atoms with Gasteiger partial charge in [0, 0.05) is 18.2 Å². The van der Waals surface area contributed by atoms with E-state index in [1.54, 1.807) is 18.2 Å². The van der Waals surface area contributed by atoms with E-state index >= 15 is 0 Å². The van der Waals surface area contributed by atoms with Gasteiger partial charge in [-0.2, -0.15) is 0 Å². The Bertz CT molecular complexity index is 607. The first kappa shape index (κ1) is 12.8. The van der Waals surface area contributed by atoms with E-state index in [0.29, 0.717) is 16.2 Å². The fourth-order valence-electron chi connectivity index (χ4n) is 1.25. The molecule has 0 aliphatic heterocycles. The summed E-state index contributed by atoms with van der Waals surface area (Å²) in [6, 6.07) is 9.15. The van der Waals surface area contributed by atoms with Crippen molar-refractivity contribution < 1.29 is 9.66 Å². The maximum absolute atomic E-state index is 10.6. The maximum Gasteiger partial charge on any atom is 0.271 e. The maximum atomic E-state index is 10.6. The normalized spacial score (nSPS) is 10.1. The average molecular weight is 330 g/mol. The molecule has 0 radical (unpaired) electrons. The minimum atomic E-state index is -0.521. The van der Waals surface area contributed by atoms with E-state index in [9.17, 15) is 10.1 Å². The molecular formula is C11H6BrClN2O3. The van der Waals surface area contributed by atoms with E-state index in [4.69, 9.17) is 16.3 Å². The number of hydrogen-bond donors (Lipinski definition) is 0. The summed E-state index contributed by atoms with van der Waals surface area (Å²) in [4.78, 5) is 14.1. The van der Waals surface area contributed by atoms with E-state index in [-0.39, 0.29) is 10.7 Å². The van der Waals surface area contributed by atoms with Gasteiger partial charge in [-0.3, -0.25) is 10.1 Å². The van der Waals surface area contributed by atoms with E-state index in [2.05, 4.69) is 20.9 Å². The molecule has 0 aliphatic carbocycles. The summed E-state index contributed by atoms with van der Waals surface area (Å²) in [7, 11) is 0. The molecule has 0 unspecified atom stereocenters. The van der Waals surface area contributed by atoms with Crippen LogP contribution in [0.5, 0.6) is 11.6 Å². The summed E-state index contributed by atoms with van der Waals surface area (Å²) in [5.41, 5.74) is -0.0884. The van der Waals surface area contributed by atoms with Crippen LogP contribution in [0.2, 0.25) is 5.02 Å². The van der Waals surface area contributed by atoms with Gasteiger partial charge in [0.1, 0.15) is 10.4 Å². The van der Waals surface area contributed by atoms with Crippen molar-refractivity contribution in [3.05, 3.63) is 56.1 Å². The van der Waals surface area contributed by atoms with Crippen LogP contribution in [0.1, 0.15) is 0 Å². The molecule has 7 heteroatoms. The number of benzene rings is 1. The predicted molar refractivity (Wildman–Crippen MR) is 70.1 cm³/mol. The van der Waals surface area contributed by atoms with Crippen LogP contribution in [-0.4, -0.2) is 9.91 Å². The zero-order valence-corrected chi connectivity index (χ0v) is 11.2. The van der Waals surface area contributed by atoms with Gasteiger partial charge in [-0.05, 0) is 28.1 Å². The lowest BCUT2D eigenvalue weighted by Gasteiger charge is -2.06. The quantitative estimate of drug-likeness (QED) is 0.481. The van der Waals surface area contributed by atoms with Gasteiger partial charge in [0.2, 0.25) is 5.88 Å². The number of nitro groups is 1. The van der Waals surface area contributed by atoms with Gasteiger partial charge in [-0.25, -0.2) is 4.98 Å². The number of nitro benzene ring substituents is 1. The second-order valence-corrected chi connectivity index (χ2v) is 4.49. The Morgan fingerprint density at radius 1 is 1.33 bits per heavy atom. The smallest absolute Gasteiger partial charge is 0.271 e. The number of pyridine rings is 1. The van der Waals surface area contributed by atoms with Gasteiger partial charge in [-0.15, -0.1) is 0 Å². The number of nitrogens with zero attached hydrogens (tertiary/aromatic N) is 2. The highest BCUT2D eigenvalue weighted by Crippen LogP contribution is 2.31. The van der Waals surface area contributed by atoms with E-state index in [1.165, 1.54) is 18.2 Å². The van der Waals surface area contributed by atoms with Gasteiger partial charge < -0.3 is 4.74 Å².